The van der Waals surface area contributed by atoms with Crippen molar-refractivity contribution in [2.45, 2.75) is 18.9 Å². The first-order chi connectivity index (χ1) is 5.93. The molecule has 0 aromatic heterocycles. The van der Waals surface area contributed by atoms with E-state index in [2.05, 4.69) is 30.2 Å². The Bertz CT molecular complexity index is 231. The quantitative estimate of drug-likeness (QED) is 0.391. The highest BCUT2D eigenvalue weighted by Gasteiger charge is 2.18. The first-order valence-corrected chi connectivity index (χ1v) is 4.23. The van der Waals surface area contributed by atoms with E-state index in [-0.39, 0.29) is 17.2 Å². The SMILES string of the molecule is O=C(O)CCC(NC(=S)S)C(=O)O. The Balaban J connectivity index is 4.02. The lowest BCUT2D eigenvalue weighted by Gasteiger charge is -2.12. The number of hydrogen-bond donors (Lipinski definition) is 4. The molecule has 1 atom stereocenters. The maximum Gasteiger partial charge on any atom is 0.326 e. The normalized spacial score (nSPS) is 11.8. The third kappa shape index (κ3) is 6.35. The summed E-state index contributed by atoms with van der Waals surface area (Å²) in [5.74, 6) is -2.18. The summed E-state index contributed by atoms with van der Waals surface area (Å²) >= 11 is 8.20. The molecule has 0 fully saturated rings. The largest absolute Gasteiger partial charge is 0.481 e. The zero-order chi connectivity index (χ0) is 10.4. The number of carboxylic acids is 2. The van der Waals surface area contributed by atoms with Crippen molar-refractivity contribution in [3.8, 4) is 0 Å². The topological polar surface area (TPSA) is 86.6 Å². The van der Waals surface area contributed by atoms with Gasteiger partial charge in [-0.1, -0.05) is 12.2 Å². The van der Waals surface area contributed by atoms with Crippen LogP contribution in [0.4, 0.5) is 0 Å². The highest BCUT2D eigenvalue weighted by atomic mass is 32.1. The molecule has 13 heavy (non-hydrogen) atoms. The highest BCUT2D eigenvalue weighted by molar-refractivity contribution is 8.11. The monoisotopic (exact) mass is 223 g/mol. The number of carbonyl (C=O) groups is 2. The minimum absolute atomic E-state index is 0.0225. The molecular formula is C6H9NO4S2. The van der Waals surface area contributed by atoms with Crippen LogP contribution in [-0.4, -0.2) is 32.5 Å². The Morgan fingerprint density at radius 1 is 1.46 bits per heavy atom. The Hall–Kier alpha value is -0.820. The summed E-state index contributed by atoms with van der Waals surface area (Å²) in [4.78, 5) is 20.6. The molecule has 0 saturated carbocycles. The first-order valence-electron chi connectivity index (χ1n) is 3.37. The molecule has 0 radical (unpaired) electrons. The van der Waals surface area contributed by atoms with E-state index >= 15 is 0 Å². The van der Waals surface area contributed by atoms with E-state index < -0.39 is 18.0 Å². The van der Waals surface area contributed by atoms with Crippen LogP contribution in [0.15, 0.2) is 0 Å². The Morgan fingerprint density at radius 3 is 2.31 bits per heavy atom. The molecule has 0 aliphatic heterocycles. The van der Waals surface area contributed by atoms with Gasteiger partial charge in [0.15, 0.2) is 0 Å². The second kappa shape index (κ2) is 5.76. The number of nitrogens with one attached hydrogen (secondary N) is 1. The maximum absolute atomic E-state index is 10.5. The van der Waals surface area contributed by atoms with Crippen LogP contribution in [-0.2, 0) is 9.59 Å². The van der Waals surface area contributed by atoms with Gasteiger partial charge in [-0.2, -0.15) is 0 Å². The van der Waals surface area contributed by atoms with Crippen molar-refractivity contribution in [1.29, 1.82) is 0 Å². The average molecular weight is 223 g/mol. The third-order valence-electron chi connectivity index (χ3n) is 1.24. The molecule has 7 heteroatoms. The molecule has 74 valence electrons. The van der Waals surface area contributed by atoms with Crippen molar-refractivity contribution in [1.82, 2.24) is 5.32 Å². The maximum atomic E-state index is 10.5. The Labute approximate surface area is 85.5 Å². The van der Waals surface area contributed by atoms with Crippen LogP contribution in [0.1, 0.15) is 12.8 Å². The molecule has 0 saturated heterocycles. The van der Waals surface area contributed by atoms with Gasteiger partial charge >= 0.3 is 11.9 Å². The number of thiocarbonyl (C=S) groups is 1. The summed E-state index contributed by atoms with van der Waals surface area (Å²) in [6.07, 6.45) is -0.244. The van der Waals surface area contributed by atoms with Crippen molar-refractivity contribution in [3.05, 3.63) is 0 Å². The average Bonchev–Trinajstić information content (AvgIpc) is 1.96. The van der Waals surface area contributed by atoms with Gasteiger partial charge in [-0.05, 0) is 6.42 Å². The first kappa shape index (κ1) is 12.2. The summed E-state index contributed by atoms with van der Waals surface area (Å²) < 4.78 is 0.0396. The van der Waals surface area contributed by atoms with E-state index in [0.717, 1.165) is 0 Å². The molecule has 1 unspecified atom stereocenters. The van der Waals surface area contributed by atoms with Gasteiger partial charge in [-0.15, -0.1) is 12.6 Å². The molecule has 3 N–H and O–H groups in total. The molecule has 0 aliphatic rings. The van der Waals surface area contributed by atoms with E-state index in [4.69, 9.17) is 10.2 Å². The second-order valence-electron chi connectivity index (χ2n) is 2.27. The lowest BCUT2D eigenvalue weighted by molar-refractivity contribution is -0.140. The van der Waals surface area contributed by atoms with Gasteiger partial charge in [0.1, 0.15) is 10.4 Å². The van der Waals surface area contributed by atoms with Gasteiger partial charge in [-0.3, -0.25) is 4.79 Å². The zero-order valence-electron chi connectivity index (χ0n) is 6.56. The van der Waals surface area contributed by atoms with Crippen LogP contribution in [0.25, 0.3) is 0 Å². The predicted octanol–water partition coefficient (Wildman–Crippen LogP) is 0.109. The molecule has 0 aliphatic carbocycles. The molecule has 0 aromatic carbocycles. The molecule has 0 rings (SSSR count). The van der Waals surface area contributed by atoms with Gasteiger partial charge in [0.05, 0.1) is 0 Å². The van der Waals surface area contributed by atoms with Crippen molar-refractivity contribution >= 4 is 41.1 Å². The van der Waals surface area contributed by atoms with Gasteiger partial charge < -0.3 is 15.5 Å². The van der Waals surface area contributed by atoms with Crippen LogP contribution in [0.3, 0.4) is 0 Å². The summed E-state index contributed by atoms with van der Waals surface area (Å²) in [5, 5.41) is 19.3. The van der Waals surface area contributed by atoms with Crippen molar-refractivity contribution in [3.63, 3.8) is 0 Å². The van der Waals surface area contributed by atoms with Gasteiger partial charge in [-0.25, -0.2) is 4.79 Å². The van der Waals surface area contributed by atoms with Crippen LogP contribution < -0.4 is 5.32 Å². The van der Waals surface area contributed by atoms with E-state index in [0.29, 0.717) is 0 Å². The fourth-order valence-electron chi connectivity index (χ4n) is 0.674. The van der Waals surface area contributed by atoms with Crippen molar-refractivity contribution in [2.24, 2.45) is 0 Å². The lowest BCUT2D eigenvalue weighted by Crippen LogP contribution is -2.38. The second-order valence-corrected chi connectivity index (χ2v) is 3.43. The summed E-state index contributed by atoms with van der Waals surface area (Å²) in [6, 6.07) is -0.985. The fraction of sp³-hybridized carbons (Fsp3) is 0.500. The van der Waals surface area contributed by atoms with Crippen molar-refractivity contribution in [2.75, 3.05) is 0 Å². The smallest absolute Gasteiger partial charge is 0.326 e. The number of rotatable bonds is 5. The van der Waals surface area contributed by atoms with Crippen molar-refractivity contribution < 1.29 is 19.8 Å². The minimum atomic E-state index is -1.14. The van der Waals surface area contributed by atoms with Gasteiger partial charge in [0, 0.05) is 6.42 Å². The predicted molar refractivity (Wildman–Crippen MR) is 53.0 cm³/mol. The summed E-state index contributed by atoms with van der Waals surface area (Å²) in [5.41, 5.74) is 0. The number of carboxylic acid groups (broad SMARTS) is 2. The molecule has 0 heterocycles. The van der Waals surface area contributed by atoms with E-state index in [1.54, 1.807) is 0 Å². The Morgan fingerprint density at radius 2 is 2.00 bits per heavy atom. The standard InChI is InChI=1S/C6H9NO4S2/c8-4(9)2-1-3(5(10)11)7-6(12)13/h3H,1-2H2,(H,8,9)(H,10,11)(H2,7,12,13). The van der Waals surface area contributed by atoms with E-state index in [1.165, 1.54) is 0 Å². The zero-order valence-corrected chi connectivity index (χ0v) is 8.27. The minimum Gasteiger partial charge on any atom is -0.481 e. The Kier molecular flexibility index (Phi) is 5.40. The molecule has 5 nitrogen and oxygen atoms in total. The highest BCUT2D eigenvalue weighted by Crippen LogP contribution is 1.99. The third-order valence-corrected chi connectivity index (χ3v) is 1.49. The number of thiol groups is 1. The molecular weight excluding hydrogens is 214 g/mol. The van der Waals surface area contributed by atoms with Crippen LogP contribution in [0, 0.1) is 0 Å². The van der Waals surface area contributed by atoms with Crippen LogP contribution >= 0.6 is 24.8 Å². The molecule has 0 aromatic rings. The molecule has 0 spiro atoms. The number of aliphatic carboxylic acids is 2. The van der Waals surface area contributed by atoms with Gasteiger partial charge in [0.2, 0.25) is 0 Å². The van der Waals surface area contributed by atoms with Crippen LogP contribution in [0.2, 0.25) is 0 Å². The van der Waals surface area contributed by atoms with E-state index in [9.17, 15) is 9.59 Å². The van der Waals surface area contributed by atoms with Gasteiger partial charge in [0.25, 0.3) is 0 Å². The lowest BCUT2D eigenvalue weighted by atomic mass is 10.1. The summed E-state index contributed by atoms with van der Waals surface area (Å²) in [6.45, 7) is 0. The van der Waals surface area contributed by atoms with E-state index in [1.807, 2.05) is 0 Å². The fourth-order valence-corrected chi connectivity index (χ4v) is 0.972. The molecule has 0 bridgehead atoms. The molecule has 0 amide bonds. The van der Waals surface area contributed by atoms with Crippen LogP contribution in [0.5, 0.6) is 0 Å². The number of hydrogen-bond acceptors (Lipinski definition) is 3. The summed E-state index contributed by atoms with van der Waals surface area (Å²) in [7, 11) is 0.